The molecule has 43 heavy (non-hydrogen) atoms. The van der Waals surface area contributed by atoms with Crippen LogP contribution in [0.2, 0.25) is 0 Å². The molecule has 0 atom stereocenters. The number of fused-ring (bicyclic) bond motifs is 10. The van der Waals surface area contributed by atoms with Gasteiger partial charge in [-0.2, -0.15) is 10.5 Å². The SMILES string of the molecule is N#Cc1ccc(-n2c3ccccc3c3ccccc32)c(-c2ccc3oc4ccc5c6cc(C#N)ccc6oc5c4c3c2)c1. The zero-order chi connectivity index (χ0) is 28.7. The van der Waals surface area contributed by atoms with Gasteiger partial charge < -0.3 is 13.4 Å². The summed E-state index contributed by atoms with van der Waals surface area (Å²) in [4.78, 5) is 0. The average Bonchev–Trinajstić information content (AvgIpc) is 3.73. The van der Waals surface area contributed by atoms with Gasteiger partial charge in [-0.1, -0.05) is 42.5 Å². The van der Waals surface area contributed by atoms with E-state index < -0.39 is 0 Å². The molecular weight excluding hydrogens is 530 g/mol. The summed E-state index contributed by atoms with van der Waals surface area (Å²) in [5, 5.41) is 25.3. The molecule has 198 valence electrons. The highest BCUT2D eigenvalue weighted by Gasteiger charge is 2.20. The van der Waals surface area contributed by atoms with Crippen molar-refractivity contribution in [2.24, 2.45) is 0 Å². The van der Waals surface area contributed by atoms with Crippen molar-refractivity contribution in [1.29, 1.82) is 10.5 Å². The molecule has 5 heteroatoms. The van der Waals surface area contributed by atoms with Crippen molar-refractivity contribution >= 4 is 65.7 Å². The molecule has 0 saturated heterocycles. The van der Waals surface area contributed by atoms with E-state index in [4.69, 9.17) is 8.83 Å². The van der Waals surface area contributed by atoms with Crippen LogP contribution in [0.4, 0.5) is 0 Å². The molecule has 5 nitrogen and oxygen atoms in total. The summed E-state index contributed by atoms with van der Waals surface area (Å²) in [5.74, 6) is 0. The zero-order valence-electron chi connectivity index (χ0n) is 22.6. The van der Waals surface area contributed by atoms with Crippen molar-refractivity contribution in [1.82, 2.24) is 4.57 Å². The fraction of sp³-hybridized carbons (Fsp3) is 0. The molecule has 0 fully saturated rings. The Morgan fingerprint density at radius 1 is 0.512 bits per heavy atom. The molecule has 0 bridgehead atoms. The van der Waals surface area contributed by atoms with Gasteiger partial charge in [0.15, 0.2) is 0 Å². The van der Waals surface area contributed by atoms with Gasteiger partial charge in [0.2, 0.25) is 0 Å². The van der Waals surface area contributed by atoms with Gasteiger partial charge in [0.05, 0.1) is 45.4 Å². The first-order chi connectivity index (χ1) is 21.2. The molecule has 0 radical (unpaired) electrons. The van der Waals surface area contributed by atoms with Gasteiger partial charge in [0, 0.05) is 32.5 Å². The first kappa shape index (κ1) is 23.4. The minimum absolute atomic E-state index is 0.588. The Balaban J connectivity index is 1.35. The molecule has 9 rings (SSSR count). The van der Waals surface area contributed by atoms with Crippen LogP contribution in [0.3, 0.4) is 0 Å². The molecule has 0 saturated carbocycles. The lowest BCUT2D eigenvalue weighted by atomic mass is 9.98. The van der Waals surface area contributed by atoms with Crippen molar-refractivity contribution in [2.75, 3.05) is 0 Å². The smallest absolute Gasteiger partial charge is 0.147 e. The van der Waals surface area contributed by atoms with Gasteiger partial charge in [-0.25, -0.2) is 0 Å². The van der Waals surface area contributed by atoms with E-state index in [0.717, 1.165) is 71.7 Å². The number of aromatic nitrogens is 1. The zero-order valence-corrected chi connectivity index (χ0v) is 22.6. The summed E-state index contributed by atoms with van der Waals surface area (Å²) in [5.41, 5.74) is 9.20. The number of nitrogens with zero attached hydrogens (tertiary/aromatic N) is 3. The normalized spacial score (nSPS) is 11.7. The predicted octanol–water partition coefficient (Wildman–Crippen LogP) is 9.99. The minimum Gasteiger partial charge on any atom is -0.456 e. The lowest BCUT2D eigenvalue weighted by Gasteiger charge is -2.14. The van der Waals surface area contributed by atoms with Crippen LogP contribution < -0.4 is 0 Å². The Bertz CT molecular complexity index is 2650. The van der Waals surface area contributed by atoms with Crippen molar-refractivity contribution in [3.63, 3.8) is 0 Å². The van der Waals surface area contributed by atoms with Crippen molar-refractivity contribution in [2.45, 2.75) is 0 Å². The van der Waals surface area contributed by atoms with E-state index in [2.05, 4.69) is 71.3 Å². The van der Waals surface area contributed by atoms with E-state index >= 15 is 0 Å². The third-order valence-corrected chi connectivity index (χ3v) is 8.46. The lowest BCUT2D eigenvalue weighted by Crippen LogP contribution is -1.98. The maximum absolute atomic E-state index is 9.87. The summed E-state index contributed by atoms with van der Waals surface area (Å²) in [6.07, 6.45) is 0. The van der Waals surface area contributed by atoms with Crippen LogP contribution in [-0.4, -0.2) is 4.57 Å². The van der Waals surface area contributed by atoms with Gasteiger partial charge in [-0.3, -0.25) is 0 Å². The maximum Gasteiger partial charge on any atom is 0.147 e. The van der Waals surface area contributed by atoms with Gasteiger partial charge in [-0.15, -0.1) is 0 Å². The number of hydrogen-bond acceptors (Lipinski definition) is 4. The van der Waals surface area contributed by atoms with Gasteiger partial charge in [-0.05, 0) is 78.4 Å². The lowest BCUT2D eigenvalue weighted by molar-refractivity contribution is 0.663. The van der Waals surface area contributed by atoms with Crippen LogP contribution in [-0.2, 0) is 0 Å². The average molecular weight is 550 g/mol. The molecule has 3 heterocycles. The van der Waals surface area contributed by atoms with Crippen LogP contribution >= 0.6 is 0 Å². The highest BCUT2D eigenvalue weighted by Crippen LogP contribution is 2.42. The molecule has 0 aliphatic carbocycles. The molecule has 6 aromatic carbocycles. The van der Waals surface area contributed by atoms with Crippen LogP contribution in [0.25, 0.3) is 82.5 Å². The molecule has 0 amide bonds. The fourth-order valence-electron chi connectivity index (χ4n) is 6.55. The number of furan rings is 2. The number of nitriles is 2. The third-order valence-electron chi connectivity index (χ3n) is 8.46. The topological polar surface area (TPSA) is 78.8 Å². The van der Waals surface area contributed by atoms with E-state index in [1.54, 1.807) is 6.07 Å². The van der Waals surface area contributed by atoms with Crippen molar-refractivity contribution < 1.29 is 8.83 Å². The Labute approximate surface area is 244 Å². The summed E-state index contributed by atoms with van der Waals surface area (Å²) in [7, 11) is 0. The summed E-state index contributed by atoms with van der Waals surface area (Å²) < 4.78 is 14.9. The van der Waals surface area contributed by atoms with Crippen LogP contribution in [0.15, 0.2) is 124 Å². The van der Waals surface area contributed by atoms with E-state index in [1.807, 2.05) is 54.6 Å². The fourth-order valence-corrected chi connectivity index (χ4v) is 6.55. The Morgan fingerprint density at radius 3 is 1.93 bits per heavy atom. The second-order valence-electron chi connectivity index (χ2n) is 10.8. The molecule has 0 N–H and O–H groups in total. The molecule has 0 aliphatic heterocycles. The first-order valence-electron chi connectivity index (χ1n) is 14.0. The van der Waals surface area contributed by atoms with E-state index in [0.29, 0.717) is 11.1 Å². The Hall–Kier alpha value is -6.30. The maximum atomic E-state index is 9.87. The van der Waals surface area contributed by atoms with E-state index in [1.165, 1.54) is 10.8 Å². The van der Waals surface area contributed by atoms with Crippen molar-refractivity contribution in [3.05, 3.63) is 126 Å². The van der Waals surface area contributed by atoms with Gasteiger partial charge >= 0.3 is 0 Å². The quantitative estimate of drug-likeness (QED) is 0.215. The Kier molecular flexibility index (Phi) is 4.68. The number of benzene rings is 6. The monoisotopic (exact) mass is 549 g/mol. The molecule has 9 aromatic rings. The minimum atomic E-state index is 0.588. The van der Waals surface area contributed by atoms with Crippen LogP contribution in [0, 0.1) is 22.7 Å². The molecule has 0 spiro atoms. The van der Waals surface area contributed by atoms with E-state index in [9.17, 15) is 10.5 Å². The molecular formula is C38H19N3O2. The van der Waals surface area contributed by atoms with Gasteiger partial charge in [0.1, 0.15) is 22.3 Å². The standard InChI is InChI=1S/C38H19N3O2/c39-20-22-9-13-33(41-31-7-3-1-5-25(31)26-6-2-4-8-32(26)41)28(17-22)24-11-15-35-30(19-24)37-36(42-35)16-12-27-29-18-23(21-40)10-14-34(29)43-38(27)37/h1-19H. The van der Waals surface area contributed by atoms with Crippen molar-refractivity contribution in [3.8, 4) is 29.0 Å². The number of rotatable bonds is 2. The highest BCUT2D eigenvalue weighted by molar-refractivity contribution is 6.22. The predicted molar refractivity (Wildman–Crippen MR) is 170 cm³/mol. The molecule has 0 aliphatic rings. The molecule has 0 unspecified atom stereocenters. The second-order valence-corrected chi connectivity index (χ2v) is 10.8. The van der Waals surface area contributed by atoms with Crippen LogP contribution in [0.1, 0.15) is 11.1 Å². The second kappa shape index (κ2) is 8.60. The number of hydrogen-bond donors (Lipinski definition) is 0. The first-order valence-corrected chi connectivity index (χ1v) is 14.0. The molecule has 3 aromatic heterocycles. The summed E-state index contributed by atoms with van der Waals surface area (Å²) in [6, 6.07) is 42.9. The summed E-state index contributed by atoms with van der Waals surface area (Å²) in [6.45, 7) is 0. The number of para-hydroxylation sites is 2. The highest BCUT2D eigenvalue weighted by atomic mass is 16.3. The Morgan fingerprint density at radius 2 is 1.16 bits per heavy atom. The van der Waals surface area contributed by atoms with Crippen LogP contribution in [0.5, 0.6) is 0 Å². The van der Waals surface area contributed by atoms with E-state index in [-0.39, 0.29) is 0 Å². The largest absolute Gasteiger partial charge is 0.456 e. The third kappa shape index (κ3) is 3.25. The van der Waals surface area contributed by atoms with Gasteiger partial charge in [0.25, 0.3) is 0 Å². The summed E-state index contributed by atoms with van der Waals surface area (Å²) >= 11 is 0.